The average molecular weight is 277 g/mol. The molecule has 0 saturated heterocycles. The largest absolute Gasteiger partial charge is 0.481 e. The van der Waals surface area contributed by atoms with Gasteiger partial charge in [-0.2, -0.15) is 0 Å². The number of nitrogens with one attached hydrogen (secondary N) is 1. The molecule has 0 aliphatic heterocycles. The molecule has 1 atom stereocenters. The van der Waals surface area contributed by atoms with Crippen LogP contribution in [0.1, 0.15) is 45.1 Å². The summed E-state index contributed by atoms with van der Waals surface area (Å²) in [6.45, 7) is 4.04. The van der Waals surface area contributed by atoms with E-state index in [1.165, 1.54) is 0 Å². The number of carboxylic acid groups (broad SMARTS) is 1. The van der Waals surface area contributed by atoms with Gasteiger partial charge in [-0.15, -0.1) is 0 Å². The molecule has 4 heteroatoms. The number of benzene rings is 1. The van der Waals surface area contributed by atoms with Gasteiger partial charge in [-0.3, -0.25) is 9.59 Å². The number of carbonyl (C=O) groups excluding carboxylic acids is 1. The highest BCUT2D eigenvalue weighted by molar-refractivity contribution is 5.92. The summed E-state index contributed by atoms with van der Waals surface area (Å²) in [5.41, 5.74) is 1.66. The first kappa shape index (κ1) is 16.2. The van der Waals surface area contributed by atoms with E-state index in [1.807, 2.05) is 31.2 Å². The molecule has 1 unspecified atom stereocenters. The van der Waals surface area contributed by atoms with Crippen LogP contribution in [0.25, 0.3) is 0 Å². The van der Waals surface area contributed by atoms with Gasteiger partial charge in [-0.1, -0.05) is 38.8 Å². The lowest BCUT2D eigenvalue weighted by Crippen LogP contribution is -2.20. The van der Waals surface area contributed by atoms with Crippen LogP contribution in [0.15, 0.2) is 24.3 Å². The van der Waals surface area contributed by atoms with Crippen LogP contribution in [-0.4, -0.2) is 17.0 Å². The van der Waals surface area contributed by atoms with Gasteiger partial charge in [0.15, 0.2) is 0 Å². The number of amides is 1. The Kier molecular flexibility index (Phi) is 6.77. The third-order valence-corrected chi connectivity index (χ3v) is 3.26. The summed E-state index contributed by atoms with van der Waals surface area (Å²) in [6.07, 6.45) is 3.60. The van der Waals surface area contributed by atoms with E-state index >= 15 is 0 Å². The molecule has 20 heavy (non-hydrogen) atoms. The van der Waals surface area contributed by atoms with E-state index in [4.69, 9.17) is 5.11 Å². The smallest absolute Gasteiger partial charge is 0.303 e. The van der Waals surface area contributed by atoms with Crippen LogP contribution in [0.2, 0.25) is 0 Å². The molecule has 0 heterocycles. The lowest BCUT2D eigenvalue weighted by Gasteiger charge is -2.12. The first-order valence-corrected chi connectivity index (χ1v) is 7.14. The van der Waals surface area contributed by atoms with E-state index < -0.39 is 5.97 Å². The Morgan fingerprint density at radius 2 is 2.10 bits per heavy atom. The van der Waals surface area contributed by atoms with Crippen molar-refractivity contribution in [2.24, 2.45) is 5.92 Å². The average Bonchev–Trinajstić information content (AvgIpc) is 2.42. The molecule has 1 rings (SSSR count). The molecular weight excluding hydrogens is 254 g/mol. The molecule has 0 aliphatic rings. The van der Waals surface area contributed by atoms with Crippen LogP contribution in [0.3, 0.4) is 0 Å². The minimum atomic E-state index is -0.812. The summed E-state index contributed by atoms with van der Waals surface area (Å²) in [6, 6.07) is 7.38. The van der Waals surface area contributed by atoms with Gasteiger partial charge in [0.2, 0.25) is 5.91 Å². The fourth-order valence-corrected chi connectivity index (χ4v) is 1.96. The zero-order valence-corrected chi connectivity index (χ0v) is 12.2. The van der Waals surface area contributed by atoms with Crippen molar-refractivity contribution in [1.29, 1.82) is 0 Å². The lowest BCUT2D eigenvalue weighted by molar-refractivity contribution is -0.137. The number of hydrogen-bond acceptors (Lipinski definition) is 2. The first-order chi connectivity index (χ1) is 9.52. The molecule has 0 bridgehead atoms. The summed E-state index contributed by atoms with van der Waals surface area (Å²) >= 11 is 0. The molecule has 4 nitrogen and oxygen atoms in total. The van der Waals surface area contributed by atoms with E-state index in [2.05, 4.69) is 12.2 Å². The molecule has 0 aromatic heterocycles. The van der Waals surface area contributed by atoms with Crippen molar-refractivity contribution in [3.05, 3.63) is 29.8 Å². The van der Waals surface area contributed by atoms with Gasteiger partial charge in [-0.25, -0.2) is 0 Å². The van der Waals surface area contributed by atoms with Gasteiger partial charge >= 0.3 is 5.97 Å². The van der Waals surface area contributed by atoms with E-state index in [9.17, 15) is 9.59 Å². The second kappa shape index (κ2) is 8.35. The SMILES string of the molecule is CCCCC(C)C(=O)Nc1cccc(CCC(=O)O)c1. The Bertz CT molecular complexity index is 457. The summed E-state index contributed by atoms with van der Waals surface area (Å²) in [5.74, 6) is -0.793. The second-order valence-corrected chi connectivity index (χ2v) is 5.13. The number of aliphatic carboxylic acids is 1. The van der Waals surface area contributed by atoms with E-state index in [-0.39, 0.29) is 18.2 Å². The zero-order valence-electron chi connectivity index (χ0n) is 12.2. The fraction of sp³-hybridized carbons (Fsp3) is 0.500. The summed E-state index contributed by atoms with van der Waals surface area (Å²) in [7, 11) is 0. The number of rotatable bonds is 8. The Balaban J connectivity index is 2.56. The van der Waals surface area contributed by atoms with Crippen molar-refractivity contribution in [1.82, 2.24) is 0 Å². The maximum atomic E-state index is 12.0. The van der Waals surface area contributed by atoms with Crippen LogP contribution in [0, 0.1) is 5.92 Å². The van der Waals surface area contributed by atoms with Crippen molar-refractivity contribution in [2.75, 3.05) is 5.32 Å². The van der Waals surface area contributed by atoms with E-state index in [0.717, 1.165) is 30.5 Å². The third kappa shape index (κ3) is 5.87. The first-order valence-electron chi connectivity index (χ1n) is 7.14. The van der Waals surface area contributed by atoms with Crippen LogP contribution in [0.4, 0.5) is 5.69 Å². The predicted molar refractivity (Wildman–Crippen MR) is 79.7 cm³/mol. The Morgan fingerprint density at radius 1 is 1.35 bits per heavy atom. The van der Waals surface area contributed by atoms with Gasteiger partial charge < -0.3 is 10.4 Å². The maximum Gasteiger partial charge on any atom is 0.303 e. The topological polar surface area (TPSA) is 66.4 Å². The number of carbonyl (C=O) groups is 2. The Morgan fingerprint density at radius 3 is 2.75 bits per heavy atom. The zero-order chi connectivity index (χ0) is 15.0. The second-order valence-electron chi connectivity index (χ2n) is 5.13. The quantitative estimate of drug-likeness (QED) is 0.764. The fourth-order valence-electron chi connectivity index (χ4n) is 1.96. The molecule has 0 saturated carbocycles. The predicted octanol–water partition coefficient (Wildman–Crippen LogP) is 3.47. The van der Waals surface area contributed by atoms with Gasteiger partial charge in [-0.05, 0) is 30.5 Å². The minimum absolute atomic E-state index is 0.00220. The molecule has 1 aromatic carbocycles. The Labute approximate surface area is 120 Å². The number of anilines is 1. The molecule has 1 amide bonds. The third-order valence-electron chi connectivity index (χ3n) is 3.26. The van der Waals surface area contributed by atoms with Gasteiger partial charge in [0.05, 0.1) is 0 Å². The Hall–Kier alpha value is -1.84. The molecule has 110 valence electrons. The molecule has 0 spiro atoms. The molecule has 2 N–H and O–H groups in total. The normalized spacial score (nSPS) is 11.9. The summed E-state index contributed by atoms with van der Waals surface area (Å²) < 4.78 is 0. The lowest BCUT2D eigenvalue weighted by atomic mass is 10.0. The highest BCUT2D eigenvalue weighted by Crippen LogP contribution is 2.15. The van der Waals surface area contributed by atoms with Gasteiger partial charge in [0.1, 0.15) is 0 Å². The molecule has 0 radical (unpaired) electrons. The summed E-state index contributed by atoms with van der Waals surface area (Å²) in [5, 5.41) is 11.6. The number of unbranched alkanes of at least 4 members (excludes halogenated alkanes) is 1. The van der Waals surface area contributed by atoms with Gasteiger partial charge in [0, 0.05) is 18.0 Å². The van der Waals surface area contributed by atoms with Crippen LogP contribution >= 0.6 is 0 Å². The van der Waals surface area contributed by atoms with Crippen molar-refractivity contribution < 1.29 is 14.7 Å². The maximum absolute atomic E-state index is 12.0. The molecular formula is C16H23NO3. The van der Waals surface area contributed by atoms with Crippen LogP contribution in [-0.2, 0) is 16.0 Å². The summed E-state index contributed by atoms with van der Waals surface area (Å²) in [4.78, 5) is 22.5. The van der Waals surface area contributed by atoms with Crippen molar-refractivity contribution in [3.8, 4) is 0 Å². The van der Waals surface area contributed by atoms with Crippen molar-refractivity contribution in [2.45, 2.75) is 46.0 Å². The minimum Gasteiger partial charge on any atom is -0.481 e. The highest BCUT2D eigenvalue weighted by Gasteiger charge is 2.12. The van der Waals surface area contributed by atoms with E-state index in [0.29, 0.717) is 6.42 Å². The van der Waals surface area contributed by atoms with Crippen molar-refractivity contribution in [3.63, 3.8) is 0 Å². The number of aryl methyl sites for hydroxylation is 1. The number of hydrogen-bond donors (Lipinski definition) is 2. The number of carboxylic acids is 1. The van der Waals surface area contributed by atoms with Crippen LogP contribution in [0.5, 0.6) is 0 Å². The van der Waals surface area contributed by atoms with Crippen molar-refractivity contribution >= 4 is 17.6 Å². The van der Waals surface area contributed by atoms with Crippen LogP contribution < -0.4 is 5.32 Å². The highest BCUT2D eigenvalue weighted by atomic mass is 16.4. The standard InChI is InChI=1S/C16H23NO3/c1-3-4-6-12(2)16(20)17-14-8-5-7-13(11-14)9-10-15(18)19/h5,7-8,11-12H,3-4,6,9-10H2,1-2H3,(H,17,20)(H,18,19). The molecule has 0 aliphatic carbocycles. The molecule has 0 fully saturated rings. The van der Waals surface area contributed by atoms with Gasteiger partial charge in [0.25, 0.3) is 0 Å². The monoisotopic (exact) mass is 277 g/mol. The molecule has 1 aromatic rings. The van der Waals surface area contributed by atoms with E-state index in [1.54, 1.807) is 0 Å².